The molecule has 2 saturated carbocycles. The highest BCUT2D eigenvalue weighted by molar-refractivity contribution is 7.14. The van der Waals surface area contributed by atoms with Crippen molar-refractivity contribution in [1.82, 2.24) is 0 Å². The van der Waals surface area contributed by atoms with Crippen molar-refractivity contribution in [3.8, 4) is 0 Å². The van der Waals surface area contributed by atoms with E-state index >= 15 is 0 Å². The Hall–Kier alpha value is -1.66. The molecule has 5 nitrogen and oxygen atoms in total. The van der Waals surface area contributed by atoms with E-state index < -0.39 is 5.97 Å². The summed E-state index contributed by atoms with van der Waals surface area (Å²) >= 11 is 1.38. The molecule has 2 aliphatic carbocycles. The van der Waals surface area contributed by atoms with Gasteiger partial charge in [0.05, 0.1) is 17.7 Å². The third-order valence-electron chi connectivity index (χ3n) is 7.68. The van der Waals surface area contributed by atoms with E-state index in [1.165, 1.54) is 11.3 Å². The summed E-state index contributed by atoms with van der Waals surface area (Å²) in [7, 11) is 1.74. The summed E-state index contributed by atoms with van der Waals surface area (Å²) in [5.41, 5.74) is 0.958. The van der Waals surface area contributed by atoms with Crippen LogP contribution in [0, 0.1) is 17.3 Å². The lowest BCUT2D eigenvalue weighted by atomic mass is 9.73. The van der Waals surface area contributed by atoms with Crippen molar-refractivity contribution in [2.24, 2.45) is 17.3 Å². The Labute approximate surface area is 209 Å². The number of nitrogens with zero attached hydrogens (tertiary/aromatic N) is 1. The number of ether oxygens (including phenoxy) is 1. The van der Waals surface area contributed by atoms with E-state index in [1.807, 2.05) is 24.0 Å². The zero-order valence-corrected chi connectivity index (χ0v) is 22.6. The van der Waals surface area contributed by atoms with E-state index in [9.17, 15) is 14.7 Å². The molecule has 1 unspecified atom stereocenters. The van der Waals surface area contributed by atoms with Crippen LogP contribution in [-0.4, -0.2) is 36.2 Å². The largest absolute Gasteiger partial charge is 0.477 e. The Kier molecular flexibility index (Phi) is 9.02. The van der Waals surface area contributed by atoms with Gasteiger partial charge in [0.2, 0.25) is 5.91 Å². The lowest BCUT2D eigenvalue weighted by molar-refractivity contribution is -0.121. The molecule has 1 aromatic heterocycles. The molecular weight excluding hydrogens is 446 g/mol. The van der Waals surface area contributed by atoms with Crippen LogP contribution in [-0.2, 0) is 9.53 Å². The minimum absolute atomic E-state index is 0.000334. The molecule has 1 atom stereocenters. The number of carbonyl (C=O) groups excluding carboxylic acids is 1. The van der Waals surface area contributed by atoms with Crippen LogP contribution in [0.3, 0.4) is 0 Å². The van der Waals surface area contributed by atoms with Gasteiger partial charge in [0.1, 0.15) is 4.88 Å². The molecule has 0 saturated heterocycles. The second kappa shape index (κ2) is 11.4. The number of thiophene rings is 1. The van der Waals surface area contributed by atoms with Crippen molar-refractivity contribution in [2.75, 3.05) is 12.0 Å². The molecule has 1 amide bonds. The highest BCUT2D eigenvalue weighted by Gasteiger charge is 2.36. The predicted molar refractivity (Wildman–Crippen MR) is 140 cm³/mol. The predicted octanol–water partition coefficient (Wildman–Crippen LogP) is 7.27. The summed E-state index contributed by atoms with van der Waals surface area (Å²) in [4.78, 5) is 29.4. The third kappa shape index (κ3) is 6.51. The molecule has 6 heteroatoms. The normalized spacial score (nSPS) is 24.4. The van der Waals surface area contributed by atoms with E-state index in [1.54, 1.807) is 7.11 Å². The molecule has 1 heterocycles. The van der Waals surface area contributed by atoms with Gasteiger partial charge in [0, 0.05) is 18.0 Å². The second-order valence-electron chi connectivity index (χ2n) is 11.4. The maximum Gasteiger partial charge on any atom is 0.348 e. The second-order valence-corrected chi connectivity index (χ2v) is 12.5. The van der Waals surface area contributed by atoms with Gasteiger partial charge in [-0.05, 0) is 74.7 Å². The fraction of sp³-hybridized carbons (Fsp3) is 0.714. The van der Waals surface area contributed by atoms with Gasteiger partial charge in [-0.1, -0.05) is 46.8 Å². The Bertz CT molecular complexity index is 869. The first-order chi connectivity index (χ1) is 16.0. The first-order valence-electron chi connectivity index (χ1n) is 12.9. The van der Waals surface area contributed by atoms with Crippen molar-refractivity contribution < 1.29 is 19.4 Å². The zero-order valence-electron chi connectivity index (χ0n) is 21.8. The van der Waals surface area contributed by atoms with E-state index in [-0.39, 0.29) is 24.0 Å². The molecule has 1 aromatic rings. The fourth-order valence-corrected chi connectivity index (χ4v) is 6.50. The topological polar surface area (TPSA) is 66.8 Å². The molecule has 2 aliphatic rings. The molecule has 34 heavy (non-hydrogen) atoms. The average Bonchev–Trinajstić information content (AvgIpc) is 3.23. The monoisotopic (exact) mass is 489 g/mol. The van der Waals surface area contributed by atoms with Gasteiger partial charge in [0.15, 0.2) is 0 Å². The Morgan fingerprint density at radius 3 is 2.24 bits per heavy atom. The van der Waals surface area contributed by atoms with Gasteiger partial charge in [-0.3, -0.25) is 4.79 Å². The average molecular weight is 490 g/mol. The van der Waals surface area contributed by atoms with E-state index in [2.05, 4.69) is 33.8 Å². The van der Waals surface area contributed by atoms with Crippen molar-refractivity contribution in [2.45, 2.75) is 104 Å². The molecule has 0 bridgehead atoms. The summed E-state index contributed by atoms with van der Waals surface area (Å²) in [6, 6.07) is 2.04. The van der Waals surface area contributed by atoms with Gasteiger partial charge in [-0.2, -0.15) is 0 Å². The quantitative estimate of drug-likeness (QED) is 0.390. The number of rotatable bonds is 8. The summed E-state index contributed by atoms with van der Waals surface area (Å²) in [5, 5.41) is 10.1. The number of hydrogen-bond acceptors (Lipinski definition) is 4. The summed E-state index contributed by atoms with van der Waals surface area (Å²) in [6.45, 7) is 10.7. The molecule has 2 fully saturated rings. The maximum absolute atomic E-state index is 13.8. The molecule has 0 spiro atoms. The fourth-order valence-electron chi connectivity index (χ4n) is 5.34. The van der Waals surface area contributed by atoms with Crippen LogP contribution in [0.25, 0.3) is 0 Å². The van der Waals surface area contributed by atoms with Gasteiger partial charge < -0.3 is 14.7 Å². The van der Waals surface area contributed by atoms with Crippen LogP contribution in [0.1, 0.15) is 106 Å². The SMILES string of the molecule is COC1CCC(N(C(=O)C(C)/C=C/C(C)C)c2cc(C3CCC(C)(C)CC3)sc2C(=O)O)CC1. The molecule has 0 aromatic carbocycles. The highest BCUT2D eigenvalue weighted by Crippen LogP contribution is 2.47. The molecule has 0 aliphatic heterocycles. The standard InChI is InChI=1S/C28H43NO4S/c1-18(2)7-8-19(3)26(30)29(21-9-11-22(33-6)12-10-21)23-17-24(34-25(23)27(31)32)20-13-15-28(4,5)16-14-20/h7-8,17-22H,9-16H2,1-6H3,(H,31,32)/b8-7+. The number of aromatic carboxylic acids is 1. The summed E-state index contributed by atoms with van der Waals surface area (Å²) in [5.74, 6) is -0.503. The number of carboxylic acids is 1. The van der Waals surface area contributed by atoms with Gasteiger partial charge >= 0.3 is 5.97 Å². The Morgan fingerprint density at radius 2 is 1.71 bits per heavy atom. The minimum Gasteiger partial charge on any atom is -0.477 e. The van der Waals surface area contributed by atoms with E-state index in [0.717, 1.165) is 56.2 Å². The Balaban J connectivity index is 1.96. The lowest BCUT2D eigenvalue weighted by Crippen LogP contribution is -2.46. The number of anilines is 1. The van der Waals surface area contributed by atoms with Crippen LogP contribution in [0.2, 0.25) is 0 Å². The van der Waals surface area contributed by atoms with Crippen LogP contribution in [0.4, 0.5) is 5.69 Å². The lowest BCUT2D eigenvalue weighted by Gasteiger charge is -2.37. The number of hydrogen-bond donors (Lipinski definition) is 1. The van der Waals surface area contributed by atoms with Gasteiger partial charge in [-0.25, -0.2) is 4.79 Å². The van der Waals surface area contributed by atoms with Gasteiger partial charge in [0.25, 0.3) is 0 Å². The Morgan fingerprint density at radius 1 is 1.09 bits per heavy atom. The molecule has 190 valence electrons. The number of carboxylic acid groups (broad SMARTS) is 1. The van der Waals surface area contributed by atoms with E-state index in [0.29, 0.717) is 27.8 Å². The van der Waals surface area contributed by atoms with Crippen molar-refractivity contribution in [3.05, 3.63) is 28.0 Å². The van der Waals surface area contributed by atoms with Gasteiger partial charge in [-0.15, -0.1) is 11.3 Å². The zero-order chi connectivity index (χ0) is 25.0. The van der Waals surface area contributed by atoms with Crippen molar-refractivity contribution in [3.63, 3.8) is 0 Å². The minimum atomic E-state index is -0.934. The van der Waals surface area contributed by atoms with Crippen molar-refractivity contribution >= 4 is 28.9 Å². The molecular formula is C28H43NO4S. The molecule has 3 rings (SSSR count). The summed E-state index contributed by atoms with van der Waals surface area (Å²) < 4.78 is 5.55. The molecule has 0 radical (unpaired) electrons. The first-order valence-corrected chi connectivity index (χ1v) is 13.7. The van der Waals surface area contributed by atoms with Crippen LogP contribution in [0.5, 0.6) is 0 Å². The van der Waals surface area contributed by atoms with E-state index in [4.69, 9.17) is 4.74 Å². The smallest absolute Gasteiger partial charge is 0.348 e. The number of amides is 1. The maximum atomic E-state index is 13.8. The third-order valence-corrected chi connectivity index (χ3v) is 8.96. The molecule has 1 N–H and O–H groups in total. The first kappa shape index (κ1) is 26.9. The van der Waals surface area contributed by atoms with Crippen molar-refractivity contribution in [1.29, 1.82) is 0 Å². The van der Waals surface area contributed by atoms with Crippen LogP contribution < -0.4 is 4.90 Å². The number of allylic oxidation sites excluding steroid dienone is 1. The van der Waals surface area contributed by atoms with Crippen LogP contribution in [0.15, 0.2) is 18.2 Å². The number of carbonyl (C=O) groups is 2. The summed E-state index contributed by atoms with van der Waals surface area (Å²) in [6.07, 6.45) is 12.1. The van der Waals surface area contributed by atoms with Crippen LogP contribution >= 0.6 is 11.3 Å². The number of methoxy groups -OCH3 is 1. The highest BCUT2D eigenvalue weighted by atomic mass is 32.1.